The first-order chi connectivity index (χ1) is 14.5. The summed E-state index contributed by atoms with van der Waals surface area (Å²) in [7, 11) is 0. The molecule has 10 nitrogen and oxygen atoms in total. The van der Waals surface area contributed by atoms with Crippen molar-refractivity contribution in [2.75, 3.05) is 53.2 Å². The van der Waals surface area contributed by atoms with E-state index in [0.29, 0.717) is 63.2 Å². The number of hydrogen-bond donors (Lipinski definition) is 4. The van der Waals surface area contributed by atoms with Crippen molar-refractivity contribution in [1.29, 1.82) is 0 Å². The topological polar surface area (TPSA) is 152 Å². The van der Waals surface area contributed by atoms with Crippen molar-refractivity contribution in [1.82, 2.24) is 0 Å². The molecule has 0 spiro atoms. The second-order valence-corrected chi connectivity index (χ2v) is 6.28. The van der Waals surface area contributed by atoms with Crippen LogP contribution in [0.25, 0.3) is 0 Å². The lowest BCUT2D eigenvalue weighted by Crippen LogP contribution is -2.13. The number of carbonyl (C=O) groups is 2. The van der Waals surface area contributed by atoms with Gasteiger partial charge in [-0.2, -0.15) is 0 Å². The Morgan fingerprint density at radius 2 is 1.03 bits per heavy atom. The number of ether oxygens (including phenoxy) is 4. The minimum Gasteiger partial charge on any atom is -0.478 e. The smallest absolute Gasteiger partial charge is 0.335 e. The van der Waals surface area contributed by atoms with Gasteiger partial charge >= 0.3 is 11.9 Å². The first kappa shape index (κ1) is 26.0. The Hall–Kier alpha value is -2.08. The van der Waals surface area contributed by atoms with E-state index in [0.717, 1.165) is 0 Å². The van der Waals surface area contributed by atoms with E-state index < -0.39 is 11.9 Å². The molecule has 1 aromatic rings. The summed E-state index contributed by atoms with van der Waals surface area (Å²) in [4.78, 5) is 23.1. The van der Waals surface area contributed by atoms with Gasteiger partial charge in [-0.15, -0.1) is 0 Å². The Labute approximate surface area is 174 Å². The van der Waals surface area contributed by atoms with E-state index in [-0.39, 0.29) is 37.9 Å². The summed E-state index contributed by atoms with van der Waals surface area (Å²) in [5, 5.41) is 36.0. The highest BCUT2D eigenvalue weighted by Crippen LogP contribution is 2.20. The molecule has 0 aliphatic heterocycles. The molecule has 1 aromatic carbocycles. The Balaban J connectivity index is 2.70. The molecule has 0 saturated heterocycles. The van der Waals surface area contributed by atoms with E-state index in [9.17, 15) is 19.8 Å². The van der Waals surface area contributed by atoms with Gasteiger partial charge in [0.15, 0.2) is 0 Å². The first-order valence-corrected chi connectivity index (χ1v) is 9.66. The third kappa shape index (κ3) is 10.1. The van der Waals surface area contributed by atoms with Gasteiger partial charge in [0.25, 0.3) is 0 Å². The summed E-state index contributed by atoms with van der Waals surface area (Å²) in [6, 6.07) is 2.77. The Morgan fingerprint density at radius 1 is 0.633 bits per heavy atom. The second kappa shape index (κ2) is 15.7. The second-order valence-electron chi connectivity index (χ2n) is 6.28. The van der Waals surface area contributed by atoms with Gasteiger partial charge in [0.05, 0.1) is 37.6 Å². The van der Waals surface area contributed by atoms with Crippen LogP contribution in [0.5, 0.6) is 0 Å². The highest BCUT2D eigenvalue weighted by Gasteiger charge is 2.18. The van der Waals surface area contributed by atoms with E-state index in [2.05, 4.69) is 0 Å². The van der Waals surface area contributed by atoms with Crippen LogP contribution in [0.4, 0.5) is 0 Å². The first-order valence-electron chi connectivity index (χ1n) is 9.66. The minimum absolute atomic E-state index is 0.0644. The number of carboxylic acid groups (broad SMARTS) is 2. The van der Waals surface area contributed by atoms with Crippen molar-refractivity contribution < 1.29 is 49.0 Å². The molecular weight excluding hydrogens is 400 g/mol. The summed E-state index contributed by atoms with van der Waals surface area (Å²) >= 11 is 0. The van der Waals surface area contributed by atoms with Gasteiger partial charge in [-0.3, -0.25) is 0 Å². The molecule has 1 rings (SSSR count). The number of carboxylic acids is 2. The van der Waals surface area contributed by atoms with Gasteiger partial charge < -0.3 is 39.4 Å². The van der Waals surface area contributed by atoms with Gasteiger partial charge in [-0.25, -0.2) is 9.59 Å². The Bertz CT molecular complexity index is 595. The number of rotatable bonds is 18. The molecule has 0 atom stereocenters. The molecule has 0 aromatic heterocycles. The highest BCUT2D eigenvalue weighted by atomic mass is 16.6. The zero-order valence-electron chi connectivity index (χ0n) is 16.9. The van der Waals surface area contributed by atoms with Crippen LogP contribution in [0.15, 0.2) is 12.1 Å². The Morgan fingerprint density at radius 3 is 1.40 bits per heavy atom. The van der Waals surface area contributed by atoms with Crippen LogP contribution in [0.3, 0.4) is 0 Å². The number of benzene rings is 1. The summed E-state index contributed by atoms with van der Waals surface area (Å²) < 4.78 is 20.5. The maximum Gasteiger partial charge on any atom is 0.335 e. The standard InChI is InChI=1S/C20H30O10/c21-13-29-7-1-5-27-9-3-15-11-16(4-10-28-6-2-8-30-14-22)18(20(25)26)12-17(15)19(23)24/h11-12,21-22H,1-10,13-14H2,(H,23,24)(H,25,26). The van der Waals surface area contributed by atoms with Crippen molar-refractivity contribution >= 4 is 11.9 Å². The van der Waals surface area contributed by atoms with Crippen LogP contribution in [0.1, 0.15) is 44.7 Å². The number of aliphatic hydroxyl groups is 2. The lowest BCUT2D eigenvalue weighted by molar-refractivity contribution is -0.0108. The monoisotopic (exact) mass is 430 g/mol. The summed E-state index contributed by atoms with van der Waals surface area (Å²) in [6.45, 7) is 1.37. The molecule has 0 amide bonds. The molecule has 0 bridgehead atoms. The van der Waals surface area contributed by atoms with Crippen LogP contribution in [0, 0.1) is 0 Å². The number of aromatic carboxylic acids is 2. The molecule has 0 radical (unpaired) electrons. The lowest BCUT2D eigenvalue weighted by Gasteiger charge is -2.13. The summed E-state index contributed by atoms with van der Waals surface area (Å²) in [5.74, 6) is -2.40. The Kier molecular flexibility index (Phi) is 13.6. The fraction of sp³-hybridized carbons (Fsp3) is 0.600. The van der Waals surface area contributed by atoms with E-state index >= 15 is 0 Å². The predicted molar refractivity (Wildman–Crippen MR) is 105 cm³/mol. The number of aliphatic hydroxyl groups excluding tert-OH is 2. The molecule has 0 heterocycles. The normalized spacial score (nSPS) is 11.0. The average Bonchev–Trinajstić information content (AvgIpc) is 2.72. The van der Waals surface area contributed by atoms with Crippen molar-refractivity contribution in [2.24, 2.45) is 0 Å². The highest BCUT2D eigenvalue weighted by molar-refractivity contribution is 5.96. The van der Waals surface area contributed by atoms with Crippen molar-refractivity contribution in [3.8, 4) is 0 Å². The minimum atomic E-state index is -1.20. The van der Waals surface area contributed by atoms with Gasteiger partial charge in [-0.05, 0) is 42.9 Å². The fourth-order valence-corrected chi connectivity index (χ4v) is 2.73. The predicted octanol–water partition coefficient (Wildman–Crippen LogP) is 0.914. The van der Waals surface area contributed by atoms with Crippen molar-refractivity contribution in [3.05, 3.63) is 34.4 Å². The molecule has 0 unspecified atom stereocenters. The fourth-order valence-electron chi connectivity index (χ4n) is 2.73. The molecule has 30 heavy (non-hydrogen) atoms. The van der Waals surface area contributed by atoms with E-state index in [1.807, 2.05) is 0 Å². The van der Waals surface area contributed by atoms with Gasteiger partial charge in [0.1, 0.15) is 13.6 Å². The van der Waals surface area contributed by atoms with Gasteiger partial charge in [0, 0.05) is 13.2 Å². The van der Waals surface area contributed by atoms with E-state index in [4.69, 9.17) is 29.2 Å². The largest absolute Gasteiger partial charge is 0.478 e. The van der Waals surface area contributed by atoms with Crippen LogP contribution in [0.2, 0.25) is 0 Å². The zero-order valence-corrected chi connectivity index (χ0v) is 16.9. The average molecular weight is 430 g/mol. The maximum atomic E-state index is 11.6. The SMILES string of the molecule is O=C(O)c1cc(C(=O)O)c(CCOCCCOCO)cc1CCOCCCOCO. The third-order valence-corrected chi connectivity index (χ3v) is 4.16. The van der Waals surface area contributed by atoms with Crippen molar-refractivity contribution in [3.63, 3.8) is 0 Å². The molecule has 170 valence electrons. The van der Waals surface area contributed by atoms with Crippen LogP contribution in [-0.4, -0.2) is 85.6 Å². The maximum absolute atomic E-state index is 11.6. The number of hydrogen-bond acceptors (Lipinski definition) is 8. The van der Waals surface area contributed by atoms with Crippen LogP contribution >= 0.6 is 0 Å². The van der Waals surface area contributed by atoms with Gasteiger partial charge in [0.2, 0.25) is 0 Å². The van der Waals surface area contributed by atoms with Crippen LogP contribution < -0.4 is 0 Å². The molecular formula is C20H30O10. The van der Waals surface area contributed by atoms with Crippen molar-refractivity contribution in [2.45, 2.75) is 25.7 Å². The van der Waals surface area contributed by atoms with Crippen LogP contribution in [-0.2, 0) is 31.8 Å². The third-order valence-electron chi connectivity index (χ3n) is 4.16. The molecule has 0 saturated carbocycles. The summed E-state index contributed by atoms with van der Waals surface area (Å²) in [5.41, 5.74) is 0.853. The van der Waals surface area contributed by atoms with E-state index in [1.165, 1.54) is 6.07 Å². The molecule has 0 aliphatic carbocycles. The summed E-state index contributed by atoms with van der Waals surface area (Å²) in [6.07, 6.45) is 1.82. The molecule has 0 fully saturated rings. The molecule has 4 N–H and O–H groups in total. The van der Waals surface area contributed by atoms with E-state index in [1.54, 1.807) is 6.07 Å². The zero-order chi connectivity index (χ0) is 22.2. The molecule has 10 heteroatoms. The lowest BCUT2D eigenvalue weighted by atomic mass is 9.95. The quantitative estimate of drug-likeness (QED) is 0.195. The molecule has 0 aliphatic rings. The van der Waals surface area contributed by atoms with Gasteiger partial charge in [-0.1, -0.05) is 6.07 Å².